The number of aromatic nitrogens is 3. The predicted octanol–water partition coefficient (Wildman–Crippen LogP) is 2.51. The average molecular weight is 400 g/mol. The summed E-state index contributed by atoms with van der Waals surface area (Å²) < 4.78 is 0. The van der Waals surface area contributed by atoms with Crippen LogP contribution in [0.5, 0.6) is 0 Å². The largest absolute Gasteiger partial charge is 0.333 e. The van der Waals surface area contributed by atoms with Crippen LogP contribution >= 0.6 is 22.7 Å². The van der Waals surface area contributed by atoms with Crippen LogP contribution in [-0.4, -0.2) is 38.3 Å². The van der Waals surface area contributed by atoms with Crippen molar-refractivity contribution in [2.24, 2.45) is 0 Å². The van der Waals surface area contributed by atoms with Gasteiger partial charge < -0.3 is 10.2 Å². The molecule has 10 heteroatoms. The third-order valence-electron chi connectivity index (χ3n) is 4.03. The van der Waals surface area contributed by atoms with Gasteiger partial charge in [-0.3, -0.25) is 15.1 Å². The predicted molar refractivity (Wildman–Crippen MR) is 103 cm³/mol. The summed E-state index contributed by atoms with van der Waals surface area (Å²) in [6.07, 6.45) is 5.05. The first kappa shape index (κ1) is 17.6. The summed E-state index contributed by atoms with van der Waals surface area (Å²) in [5.74, 6) is -0.347. The Morgan fingerprint density at radius 3 is 3.00 bits per heavy atom. The first-order valence-corrected chi connectivity index (χ1v) is 10.00. The number of thiophene rings is 1. The quantitative estimate of drug-likeness (QED) is 0.701. The first-order chi connectivity index (χ1) is 13.2. The number of carbonyl (C=O) groups is 2. The number of hydrogen-bond acceptors (Lipinski definition) is 7. The molecule has 3 aromatic heterocycles. The molecule has 27 heavy (non-hydrogen) atoms. The fraction of sp³-hybridized carbons (Fsp3) is 0.235. The molecule has 4 rings (SSSR count). The zero-order valence-electron chi connectivity index (χ0n) is 14.2. The van der Waals surface area contributed by atoms with Crippen LogP contribution in [0.3, 0.4) is 0 Å². The number of rotatable bonds is 4. The van der Waals surface area contributed by atoms with Crippen molar-refractivity contribution in [1.29, 1.82) is 0 Å². The van der Waals surface area contributed by atoms with E-state index in [4.69, 9.17) is 0 Å². The Labute approximate surface area is 163 Å². The summed E-state index contributed by atoms with van der Waals surface area (Å²) in [6, 6.07) is 3.87. The highest BCUT2D eigenvalue weighted by Gasteiger charge is 2.24. The van der Waals surface area contributed by atoms with E-state index in [1.807, 2.05) is 17.5 Å². The maximum absolute atomic E-state index is 12.4. The lowest BCUT2D eigenvalue weighted by Crippen LogP contribution is -2.42. The maximum atomic E-state index is 12.4. The lowest BCUT2D eigenvalue weighted by atomic mass is 10.2. The van der Waals surface area contributed by atoms with Gasteiger partial charge in [-0.05, 0) is 11.4 Å². The first-order valence-electron chi connectivity index (χ1n) is 8.30. The third-order valence-corrected chi connectivity index (χ3v) is 5.90. The van der Waals surface area contributed by atoms with E-state index in [0.717, 1.165) is 15.4 Å². The number of nitrogens with one attached hydrogen (secondary N) is 2. The third kappa shape index (κ3) is 4.12. The number of urea groups is 1. The highest BCUT2D eigenvalue weighted by molar-refractivity contribution is 7.15. The molecule has 3 aromatic rings. The maximum Gasteiger partial charge on any atom is 0.318 e. The molecule has 8 nitrogen and oxygen atoms in total. The minimum atomic E-state index is -0.347. The van der Waals surface area contributed by atoms with Gasteiger partial charge >= 0.3 is 6.03 Å². The lowest BCUT2D eigenvalue weighted by Gasteiger charge is -2.26. The summed E-state index contributed by atoms with van der Waals surface area (Å²) in [5.41, 5.74) is 1.16. The van der Waals surface area contributed by atoms with Crippen LogP contribution in [0, 0.1) is 0 Å². The Bertz CT molecular complexity index is 942. The summed E-state index contributed by atoms with van der Waals surface area (Å²) >= 11 is 3.00. The lowest BCUT2D eigenvalue weighted by molar-refractivity contribution is 0.102. The van der Waals surface area contributed by atoms with Gasteiger partial charge in [-0.25, -0.2) is 14.8 Å². The van der Waals surface area contributed by atoms with E-state index in [1.54, 1.807) is 16.2 Å². The van der Waals surface area contributed by atoms with Crippen molar-refractivity contribution in [2.45, 2.75) is 19.5 Å². The Kier molecular flexibility index (Phi) is 5.07. The van der Waals surface area contributed by atoms with Crippen LogP contribution in [0.2, 0.25) is 0 Å². The smallest absolute Gasteiger partial charge is 0.318 e. The molecule has 0 aromatic carbocycles. The van der Waals surface area contributed by atoms with E-state index in [1.165, 1.54) is 29.9 Å². The van der Waals surface area contributed by atoms with Gasteiger partial charge in [0.05, 0.1) is 25.0 Å². The van der Waals surface area contributed by atoms with Gasteiger partial charge in [-0.15, -0.1) is 11.3 Å². The molecule has 138 valence electrons. The van der Waals surface area contributed by atoms with Gasteiger partial charge in [0.1, 0.15) is 5.69 Å². The van der Waals surface area contributed by atoms with Crippen molar-refractivity contribution in [3.05, 3.63) is 57.2 Å². The summed E-state index contributed by atoms with van der Waals surface area (Å²) in [6.45, 7) is 1.62. The number of thiazole rings is 1. The van der Waals surface area contributed by atoms with Crippen LogP contribution in [0.4, 0.5) is 9.93 Å². The number of nitrogens with zero attached hydrogens (tertiary/aromatic N) is 4. The second-order valence-corrected chi connectivity index (χ2v) is 7.96. The van der Waals surface area contributed by atoms with E-state index >= 15 is 0 Å². The van der Waals surface area contributed by atoms with Crippen LogP contribution in [-0.2, 0) is 19.5 Å². The van der Waals surface area contributed by atoms with E-state index in [2.05, 4.69) is 25.6 Å². The molecule has 0 fully saturated rings. The second-order valence-electron chi connectivity index (χ2n) is 5.84. The minimum absolute atomic E-state index is 0.0902. The summed E-state index contributed by atoms with van der Waals surface area (Å²) in [5, 5.41) is 8.19. The molecule has 3 amide bonds. The molecule has 0 bridgehead atoms. The molecule has 0 radical (unpaired) electrons. The Morgan fingerprint density at radius 2 is 2.22 bits per heavy atom. The van der Waals surface area contributed by atoms with Crippen molar-refractivity contribution in [1.82, 2.24) is 25.2 Å². The molecule has 1 aliphatic rings. The van der Waals surface area contributed by atoms with Crippen LogP contribution in [0.25, 0.3) is 0 Å². The van der Waals surface area contributed by atoms with Gasteiger partial charge in [0, 0.05) is 35.1 Å². The zero-order chi connectivity index (χ0) is 18.6. The van der Waals surface area contributed by atoms with Crippen molar-refractivity contribution in [2.75, 3.05) is 11.9 Å². The van der Waals surface area contributed by atoms with Crippen LogP contribution in [0.1, 0.15) is 25.9 Å². The van der Waals surface area contributed by atoms with Crippen molar-refractivity contribution in [3.8, 4) is 0 Å². The molecule has 0 aliphatic carbocycles. The Hall–Kier alpha value is -2.85. The van der Waals surface area contributed by atoms with E-state index in [0.29, 0.717) is 31.2 Å². The Balaban J connectivity index is 1.37. The number of hydrogen-bond donors (Lipinski definition) is 2. The zero-order valence-corrected chi connectivity index (χ0v) is 15.8. The van der Waals surface area contributed by atoms with Gasteiger partial charge in [0.25, 0.3) is 5.91 Å². The number of carbonyl (C=O) groups excluding carboxylic acids is 2. The molecule has 0 spiro atoms. The second kappa shape index (κ2) is 7.80. The molecule has 0 saturated heterocycles. The molecular formula is C17H16N6O2S2. The topological polar surface area (TPSA) is 100 Å². The molecule has 0 saturated carbocycles. The molecule has 0 unspecified atom stereocenters. The van der Waals surface area contributed by atoms with E-state index in [9.17, 15) is 9.59 Å². The highest BCUT2D eigenvalue weighted by Crippen LogP contribution is 2.28. The van der Waals surface area contributed by atoms with Gasteiger partial charge in [0.15, 0.2) is 5.13 Å². The average Bonchev–Trinajstić information content (AvgIpc) is 3.35. The Morgan fingerprint density at radius 1 is 1.30 bits per heavy atom. The highest BCUT2D eigenvalue weighted by atomic mass is 32.1. The van der Waals surface area contributed by atoms with E-state index < -0.39 is 0 Å². The van der Waals surface area contributed by atoms with Crippen molar-refractivity contribution in [3.63, 3.8) is 0 Å². The van der Waals surface area contributed by atoms with Crippen molar-refractivity contribution < 1.29 is 9.59 Å². The van der Waals surface area contributed by atoms with Gasteiger partial charge in [-0.2, -0.15) is 0 Å². The minimum Gasteiger partial charge on any atom is -0.333 e. The number of fused-ring (bicyclic) bond motifs is 1. The normalized spacial score (nSPS) is 13.1. The van der Waals surface area contributed by atoms with Gasteiger partial charge in [-0.1, -0.05) is 17.4 Å². The van der Waals surface area contributed by atoms with Crippen LogP contribution < -0.4 is 10.6 Å². The van der Waals surface area contributed by atoms with Gasteiger partial charge in [0.2, 0.25) is 0 Å². The standard InChI is InChI=1S/C17H16N6O2S2/c24-15(13-9-18-4-5-19-13)22-16-21-12-3-6-23(10-14(12)27-16)17(25)20-8-11-2-1-7-26-11/h1-2,4-5,7,9H,3,6,8,10H2,(H,20,25)(H,21,22,24). The molecule has 1 aliphatic heterocycles. The fourth-order valence-electron chi connectivity index (χ4n) is 2.69. The molecular weight excluding hydrogens is 384 g/mol. The van der Waals surface area contributed by atoms with Crippen LogP contribution in [0.15, 0.2) is 36.1 Å². The molecule has 0 atom stereocenters. The fourth-order valence-corrected chi connectivity index (χ4v) is 4.35. The summed E-state index contributed by atoms with van der Waals surface area (Å²) in [7, 11) is 0. The summed E-state index contributed by atoms with van der Waals surface area (Å²) in [4.78, 5) is 40.8. The monoisotopic (exact) mass is 400 g/mol. The SMILES string of the molecule is O=C(Nc1nc2c(s1)CN(C(=O)NCc1cccs1)CC2)c1cnccn1. The van der Waals surface area contributed by atoms with Crippen molar-refractivity contribution >= 4 is 39.7 Å². The molecule has 2 N–H and O–H groups in total. The number of amides is 3. The number of anilines is 1. The van der Waals surface area contributed by atoms with E-state index in [-0.39, 0.29) is 17.6 Å². The molecule has 4 heterocycles.